The number of hydrogen-bond acceptors (Lipinski definition) is 6. The second kappa shape index (κ2) is 4.38. The third-order valence-corrected chi connectivity index (χ3v) is 4.32. The Balaban J connectivity index is 1.90. The molecule has 0 bridgehead atoms. The number of thiazole rings is 1. The molecule has 6 heteroatoms. The number of aromatic nitrogens is 3. The van der Waals surface area contributed by atoms with E-state index in [-0.39, 0.29) is 0 Å². The van der Waals surface area contributed by atoms with Gasteiger partial charge in [0.15, 0.2) is 0 Å². The molecule has 0 spiro atoms. The average molecular weight is 262 g/mol. The zero-order valence-electron chi connectivity index (χ0n) is 9.17. The van der Waals surface area contributed by atoms with E-state index in [9.17, 15) is 0 Å². The van der Waals surface area contributed by atoms with Crippen LogP contribution in [0, 0.1) is 6.92 Å². The summed E-state index contributed by atoms with van der Waals surface area (Å²) in [6, 6.07) is 0. The van der Waals surface area contributed by atoms with Gasteiger partial charge in [0.2, 0.25) is 0 Å². The molecule has 0 aromatic carbocycles. The summed E-state index contributed by atoms with van der Waals surface area (Å²) in [5, 5.41) is 5.44. The minimum atomic E-state index is 0.758. The van der Waals surface area contributed by atoms with Crippen LogP contribution >= 0.6 is 22.7 Å². The zero-order chi connectivity index (χ0) is 11.7. The van der Waals surface area contributed by atoms with Gasteiger partial charge in [0.1, 0.15) is 12.1 Å². The maximum Gasteiger partial charge on any atom is 0.147 e. The van der Waals surface area contributed by atoms with Crippen molar-refractivity contribution in [1.29, 1.82) is 0 Å². The molecule has 3 heterocycles. The maximum absolute atomic E-state index is 4.30. The zero-order valence-corrected chi connectivity index (χ0v) is 10.8. The van der Waals surface area contributed by atoms with Crippen molar-refractivity contribution in [3.05, 3.63) is 33.9 Å². The topological polar surface area (TPSA) is 50.7 Å². The van der Waals surface area contributed by atoms with E-state index in [2.05, 4.69) is 32.6 Å². The molecule has 0 atom stereocenters. The first-order chi connectivity index (χ1) is 8.34. The first-order valence-electron chi connectivity index (χ1n) is 5.14. The highest BCUT2D eigenvalue weighted by molar-refractivity contribution is 7.18. The molecule has 0 fully saturated rings. The summed E-state index contributed by atoms with van der Waals surface area (Å²) in [7, 11) is 0. The largest absolute Gasteiger partial charge is 0.364 e. The Hall–Kier alpha value is -1.53. The van der Waals surface area contributed by atoms with Crippen molar-refractivity contribution in [2.24, 2.45) is 0 Å². The molecule has 0 radical (unpaired) electrons. The fraction of sp³-hybridized carbons (Fsp3) is 0.182. The highest BCUT2D eigenvalue weighted by atomic mass is 32.1. The lowest BCUT2D eigenvalue weighted by molar-refractivity contribution is 1.12. The van der Waals surface area contributed by atoms with Crippen LogP contribution in [0.15, 0.2) is 23.4 Å². The molecule has 0 unspecified atom stereocenters. The Morgan fingerprint density at radius 2 is 2.24 bits per heavy atom. The van der Waals surface area contributed by atoms with Crippen molar-refractivity contribution in [3.8, 4) is 0 Å². The van der Waals surface area contributed by atoms with E-state index in [1.54, 1.807) is 29.0 Å². The maximum atomic E-state index is 4.30. The molecule has 3 rings (SSSR count). The fourth-order valence-corrected chi connectivity index (χ4v) is 3.10. The van der Waals surface area contributed by atoms with Crippen molar-refractivity contribution in [3.63, 3.8) is 0 Å². The fourth-order valence-electron chi connectivity index (χ4n) is 1.60. The Morgan fingerprint density at radius 3 is 3.06 bits per heavy atom. The number of fused-ring (bicyclic) bond motifs is 1. The van der Waals surface area contributed by atoms with Crippen molar-refractivity contribution >= 4 is 38.7 Å². The second-order valence-electron chi connectivity index (χ2n) is 3.64. The van der Waals surface area contributed by atoms with Gasteiger partial charge in [-0.2, -0.15) is 0 Å². The van der Waals surface area contributed by atoms with Crippen molar-refractivity contribution < 1.29 is 0 Å². The van der Waals surface area contributed by atoms with E-state index in [4.69, 9.17) is 0 Å². The van der Waals surface area contributed by atoms with E-state index in [1.165, 1.54) is 10.4 Å². The predicted octanol–water partition coefficient (Wildman–Crippen LogP) is 3.07. The van der Waals surface area contributed by atoms with Crippen LogP contribution in [-0.4, -0.2) is 15.0 Å². The Bertz CT molecular complexity index is 630. The molecule has 17 heavy (non-hydrogen) atoms. The first kappa shape index (κ1) is 10.6. The summed E-state index contributed by atoms with van der Waals surface area (Å²) in [5.74, 6) is 0.904. The summed E-state index contributed by atoms with van der Waals surface area (Å²) in [4.78, 5) is 13.8. The summed E-state index contributed by atoms with van der Waals surface area (Å²) >= 11 is 3.32. The molecular weight excluding hydrogens is 252 g/mol. The summed E-state index contributed by atoms with van der Waals surface area (Å²) in [5.41, 5.74) is 4.08. The Morgan fingerprint density at radius 1 is 1.29 bits per heavy atom. The normalized spacial score (nSPS) is 10.9. The third kappa shape index (κ3) is 2.01. The van der Waals surface area contributed by atoms with Crippen LogP contribution in [0.4, 0.5) is 5.82 Å². The number of nitrogens with one attached hydrogen (secondary N) is 1. The van der Waals surface area contributed by atoms with E-state index < -0.39 is 0 Å². The van der Waals surface area contributed by atoms with Gasteiger partial charge in [-0.1, -0.05) is 0 Å². The van der Waals surface area contributed by atoms with E-state index in [0.717, 1.165) is 22.6 Å². The quantitative estimate of drug-likeness (QED) is 0.788. The molecule has 86 valence electrons. The van der Waals surface area contributed by atoms with Crippen LogP contribution < -0.4 is 5.32 Å². The van der Waals surface area contributed by atoms with Gasteiger partial charge < -0.3 is 5.32 Å². The lowest BCUT2D eigenvalue weighted by Crippen LogP contribution is -2.00. The molecule has 0 aliphatic heterocycles. The standard InChI is InChI=1S/C11H10N4S2/c1-7-4-16-10-9(7)14-5-15-11(10)13-3-8-2-12-6-17-8/h2,4-6H,3H2,1H3,(H,13,14,15). The molecule has 0 amide bonds. The van der Waals surface area contributed by atoms with E-state index in [1.807, 2.05) is 11.7 Å². The predicted molar refractivity (Wildman–Crippen MR) is 71.6 cm³/mol. The minimum Gasteiger partial charge on any atom is -0.364 e. The van der Waals surface area contributed by atoms with Crippen LogP contribution in [-0.2, 0) is 6.54 Å². The van der Waals surface area contributed by atoms with Crippen LogP contribution in [0.5, 0.6) is 0 Å². The van der Waals surface area contributed by atoms with Gasteiger partial charge in [-0.15, -0.1) is 22.7 Å². The van der Waals surface area contributed by atoms with Crippen LogP contribution in [0.1, 0.15) is 10.4 Å². The molecule has 0 aliphatic rings. The molecule has 1 N–H and O–H groups in total. The lowest BCUT2D eigenvalue weighted by atomic mass is 10.3. The van der Waals surface area contributed by atoms with Crippen molar-refractivity contribution in [2.45, 2.75) is 13.5 Å². The number of thiophene rings is 1. The van der Waals surface area contributed by atoms with Gasteiger partial charge in [0, 0.05) is 11.1 Å². The highest BCUT2D eigenvalue weighted by Crippen LogP contribution is 2.28. The number of rotatable bonds is 3. The summed E-state index contributed by atoms with van der Waals surface area (Å²) in [6.45, 7) is 2.83. The third-order valence-electron chi connectivity index (χ3n) is 2.44. The Kier molecular flexibility index (Phi) is 2.74. The average Bonchev–Trinajstić information content (AvgIpc) is 2.97. The smallest absolute Gasteiger partial charge is 0.147 e. The molecular formula is C11H10N4S2. The second-order valence-corrected chi connectivity index (χ2v) is 5.49. The highest BCUT2D eigenvalue weighted by Gasteiger charge is 2.07. The summed E-state index contributed by atoms with van der Waals surface area (Å²) < 4.78 is 1.12. The molecule has 3 aromatic rings. The molecule has 0 saturated carbocycles. The van der Waals surface area contributed by atoms with Crippen molar-refractivity contribution in [2.75, 3.05) is 5.32 Å². The first-order valence-corrected chi connectivity index (χ1v) is 6.90. The number of hydrogen-bond donors (Lipinski definition) is 1. The molecule has 4 nitrogen and oxygen atoms in total. The van der Waals surface area contributed by atoms with E-state index >= 15 is 0 Å². The number of anilines is 1. The monoisotopic (exact) mass is 262 g/mol. The van der Waals surface area contributed by atoms with Gasteiger partial charge in [0.05, 0.1) is 22.3 Å². The number of nitrogens with zero attached hydrogens (tertiary/aromatic N) is 3. The molecule has 0 saturated heterocycles. The number of aryl methyl sites for hydroxylation is 1. The van der Waals surface area contributed by atoms with Crippen LogP contribution in [0.25, 0.3) is 10.2 Å². The molecule has 3 aromatic heterocycles. The molecule has 0 aliphatic carbocycles. The minimum absolute atomic E-state index is 0.758. The lowest BCUT2D eigenvalue weighted by Gasteiger charge is -2.04. The van der Waals surface area contributed by atoms with Gasteiger partial charge >= 0.3 is 0 Å². The van der Waals surface area contributed by atoms with E-state index in [0.29, 0.717) is 0 Å². The van der Waals surface area contributed by atoms with Gasteiger partial charge in [0.25, 0.3) is 0 Å². The SMILES string of the molecule is Cc1csc2c(NCc3cncs3)ncnc12. The van der Waals surface area contributed by atoms with Gasteiger partial charge in [-0.3, -0.25) is 4.98 Å². The van der Waals surface area contributed by atoms with Gasteiger partial charge in [-0.05, 0) is 17.9 Å². The Labute approximate surface area is 106 Å². The summed E-state index contributed by atoms with van der Waals surface area (Å²) in [6.07, 6.45) is 3.48. The van der Waals surface area contributed by atoms with Crippen LogP contribution in [0.3, 0.4) is 0 Å². The van der Waals surface area contributed by atoms with Gasteiger partial charge in [-0.25, -0.2) is 9.97 Å². The van der Waals surface area contributed by atoms with Crippen LogP contribution in [0.2, 0.25) is 0 Å². The van der Waals surface area contributed by atoms with Crippen molar-refractivity contribution in [1.82, 2.24) is 15.0 Å².